The van der Waals surface area contributed by atoms with Crippen molar-refractivity contribution in [2.75, 3.05) is 0 Å². The summed E-state index contributed by atoms with van der Waals surface area (Å²) in [6.07, 6.45) is -0.901. The number of halogens is 4. The van der Waals surface area contributed by atoms with Crippen LogP contribution < -0.4 is 10.6 Å². The number of rotatable bonds is 3. The van der Waals surface area contributed by atoms with Gasteiger partial charge in [-0.2, -0.15) is 13.2 Å². The van der Waals surface area contributed by atoms with Crippen molar-refractivity contribution in [3.8, 4) is 0 Å². The molecule has 1 aliphatic carbocycles. The average Bonchev–Trinajstić information content (AvgIpc) is 3.00. The number of amidine groups is 1. The van der Waals surface area contributed by atoms with E-state index in [4.69, 9.17) is 0 Å². The lowest BCUT2D eigenvalue weighted by Crippen LogP contribution is -2.35. The van der Waals surface area contributed by atoms with Gasteiger partial charge in [-0.1, -0.05) is 43.3 Å². The van der Waals surface area contributed by atoms with Crippen LogP contribution in [0.5, 0.6) is 0 Å². The summed E-state index contributed by atoms with van der Waals surface area (Å²) in [6, 6.07) is 10.2. The number of alkyl halides is 3. The second kappa shape index (κ2) is 8.81. The molecule has 2 N–H and O–H groups in total. The summed E-state index contributed by atoms with van der Waals surface area (Å²) in [5.74, 6) is 0.153. The molecular formula is C25H25F4N3. The molecule has 4 rings (SSSR count). The molecule has 1 unspecified atom stereocenters. The van der Waals surface area contributed by atoms with E-state index in [0.717, 1.165) is 49.4 Å². The van der Waals surface area contributed by atoms with E-state index in [-0.39, 0.29) is 11.4 Å². The van der Waals surface area contributed by atoms with E-state index >= 15 is 0 Å². The number of benzene rings is 2. The molecule has 32 heavy (non-hydrogen) atoms. The van der Waals surface area contributed by atoms with Gasteiger partial charge in [-0.25, -0.2) is 9.38 Å². The fourth-order valence-corrected chi connectivity index (χ4v) is 4.30. The smallest absolute Gasteiger partial charge is 0.363 e. The maximum Gasteiger partial charge on any atom is 0.416 e. The number of hydrogen-bond donors (Lipinski definition) is 2. The molecule has 2 aliphatic rings. The molecule has 0 fully saturated rings. The molecule has 7 heteroatoms. The Morgan fingerprint density at radius 1 is 1.06 bits per heavy atom. The molecule has 3 nitrogen and oxygen atoms in total. The maximum atomic E-state index is 14.1. The van der Waals surface area contributed by atoms with Gasteiger partial charge >= 0.3 is 6.18 Å². The highest BCUT2D eigenvalue weighted by Gasteiger charge is 2.36. The molecule has 0 bridgehead atoms. The van der Waals surface area contributed by atoms with Crippen molar-refractivity contribution in [3.05, 3.63) is 88.4 Å². The number of allylic oxidation sites excluding steroid dienone is 1. The fraction of sp³-hybridized carbons (Fsp3) is 0.320. The van der Waals surface area contributed by atoms with Gasteiger partial charge in [-0.3, -0.25) is 0 Å². The van der Waals surface area contributed by atoms with E-state index in [2.05, 4.69) is 22.2 Å². The van der Waals surface area contributed by atoms with Crippen LogP contribution in [0, 0.1) is 12.7 Å². The SMILES string of the molecule is C=C(NC1=NC(c2ccccc2C(F)(F)F)NC2=C1CCCCC2)c1cccc(F)c1C. The van der Waals surface area contributed by atoms with Crippen molar-refractivity contribution in [2.24, 2.45) is 4.99 Å². The third-order valence-corrected chi connectivity index (χ3v) is 6.00. The predicted octanol–water partition coefficient (Wildman–Crippen LogP) is 6.63. The zero-order valence-electron chi connectivity index (χ0n) is 17.8. The Balaban J connectivity index is 1.74. The topological polar surface area (TPSA) is 36.4 Å². The largest absolute Gasteiger partial charge is 0.416 e. The average molecular weight is 443 g/mol. The Kier molecular flexibility index (Phi) is 6.09. The van der Waals surface area contributed by atoms with E-state index in [1.165, 1.54) is 18.2 Å². The molecule has 0 amide bonds. The Bertz CT molecular complexity index is 1100. The first kappa shape index (κ1) is 22.1. The van der Waals surface area contributed by atoms with Crippen LogP contribution in [0.2, 0.25) is 0 Å². The number of hydrogen-bond acceptors (Lipinski definition) is 3. The van der Waals surface area contributed by atoms with E-state index in [9.17, 15) is 17.6 Å². The van der Waals surface area contributed by atoms with Crippen LogP contribution in [0.4, 0.5) is 17.6 Å². The second-order valence-electron chi connectivity index (χ2n) is 8.14. The molecule has 0 radical (unpaired) electrons. The van der Waals surface area contributed by atoms with Gasteiger partial charge < -0.3 is 10.6 Å². The number of nitrogens with one attached hydrogen (secondary N) is 2. The highest BCUT2D eigenvalue weighted by atomic mass is 19.4. The lowest BCUT2D eigenvalue weighted by molar-refractivity contribution is -0.138. The maximum absolute atomic E-state index is 14.1. The van der Waals surface area contributed by atoms with Gasteiger partial charge in [0.1, 0.15) is 17.8 Å². The molecule has 0 saturated heterocycles. The minimum absolute atomic E-state index is 0.0719. The highest BCUT2D eigenvalue weighted by Crippen LogP contribution is 2.38. The molecular weight excluding hydrogens is 418 g/mol. The minimum atomic E-state index is -4.48. The number of aliphatic imine (C=N–C) groups is 1. The zero-order chi connectivity index (χ0) is 22.9. The molecule has 2 aromatic rings. The first-order chi connectivity index (χ1) is 15.3. The summed E-state index contributed by atoms with van der Waals surface area (Å²) in [5.41, 5.74) is 2.74. The van der Waals surface area contributed by atoms with Crippen molar-refractivity contribution in [3.63, 3.8) is 0 Å². The summed E-state index contributed by atoms with van der Waals surface area (Å²) < 4.78 is 55.0. The van der Waals surface area contributed by atoms with Crippen LogP contribution in [-0.4, -0.2) is 5.84 Å². The predicted molar refractivity (Wildman–Crippen MR) is 118 cm³/mol. The lowest BCUT2D eigenvalue weighted by atomic mass is 9.99. The summed E-state index contributed by atoms with van der Waals surface area (Å²) in [4.78, 5) is 4.65. The quantitative estimate of drug-likeness (QED) is 0.522. The molecule has 168 valence electrons. The summed E-state index contributed by atoms with van der Waals surface area (Å²) in [7, 11) is 0. The van der Waals surface area contributed by atoms with Gasteiger partial charge in [0.15, 0.2) is 0 Å². The molecule has 1 heterocycles. The third kappa shape index (κ3) is 4.42. The van der Waals surface area contributed by atoms with Crippen LogP contribution in [0.25, 0.3) is 5.70 Å². The fourth-order valence-electron chi connectivity index (χ4n) is 4.30. The molecule has 1 atom stereocenters. The Labute approximate surface area is 184 Å². The zero-order valence-corrected chi connectivity index (χ0v) is 17.8. The highest BCUT2D eigenvalue weighted by molar-refractivity contribution is 6.04. The number of nitrogens with zero attached hydrogens (tertiary/aromatic N) is 1. The van der Waals surface area contributed by atoms with Gasteiger partial charge in [-0.05, 0) is 50.3 Å². The van der Waals surface area contributed by atoms with Gasteiger partial charge in [0.05, 0.1) is 5.56 Å². The van der Waals surface area contributed by atoms with E-state index in [1.54, 1.807) is 25.1 Å². The Morgan fingerprint density at radius 2 is 1.81 bits per heavy atom. The summed E-state index contributed by atoms with van der Waals surface area (Å²) >= 11 is 0. The first-order valence-corrected chi connectivity index (χ1v) is 10.7. The van der Waals surface area contributed by atoms with Crippen molar-refractivity contribution in [2.45, 2.75) is 51.4 Å². The van der Waals surface area contributed by atoms with Gasteiger partial charge in [0, 0.05) is 28.1 Å². The molecule has 0 spiro atoms. The van der Waals surface area contributed by atoms with E-state index < -0.39 is 17.9 Å². The van der Waals surface area contributed by atoms with Gasteiger partial charge in [-0.15, -0.1) is 0 Å². The van der Waals surface area contributed by atoms with Crippen molar-refractivity contribution < 1.29 is 17.6 Å². The van der Waals surface area contributed by atoms with Crippen molar-refractivity contribution in [1.29, 1.82) is 0 Å². The van der Waals surface area contributed by atoms with Crippen LogP contribution in [0.1, 0.15) is 60.5 Å². The standard InChI is InChI=1S/C25H25F4N3/c1-15-17(11-8-13-21(15)26)16(2)30-24-19-10-4-3-5-14-22(19)31-23(32-24)18-9-6-7-12-20(18)25(27,28)29/h6-9,11-13,23,31H,2-5,10,14H2,1H3,(H,30,32). The summed E-state index contributed by atoms with van der Waals surface area (Å²) in [6.45, 7) is 5.72. The van der Waals surface area contributed by atoms with Crippen molar-refractivity contribution >= 4 is 11.5 Å². The van der Waals surface area contributed by atoms with E-state index in [1.807, 2.05) is 0 Å². The van der Waals surface area contributed by atoms with Gasteiger partial charge in [0.25, 0.3) is 0 Å². The normalized spacial score (nSPS) is 18.9. The monoisotopic (exact) mass is 443 g/mol. The second-order valence-corrected chi connectivity index (χ2v) is 8.14. The Morgan fingerprint density at radius 3 is 2.59 bits per heavy atom. The van der Waals surface area contributed by atoms with Crippen LogP contribution in [0.3, 0.4) is 0 Å². The Hall–Kier alpha value is -3.09. The summed E-state index contributed by atoms with van der Waals surface area (Å²) in [5, 5.41) is 6.45. The van der Waals surface area contributed by atoms with Crippen LogP contribution in [0.15, 0.2) is 65.3 Å². The molecule has 2 aromatic carbocycles. The van der Waals surface area contributed by atoms with Gasteiger partial charge in [0.2, 0.25) is 0 Å². The lowest BCUT2D eigenvalue weighted by Gasteiger charge is -2.30. The molecule has 0 aromatic heterocycles. The van der Waals surface area contributed by atoms with Crippen LogP contribution >= 0.6 is 0 Å². The first-order valence-electron chi connectivity index (χ1n) is 10.7. The van der Waals surface area contributed by atoms with Crippen molar-refractivity contribution in [1.82, 2.24) is 10.6 Å². The molecule has 0 saturated carbocycles. The minimum Gasteiger partial charge on any atom is -0.363 e. The third-order valence-electron chi connectivity index (χ3n) is 6.00. The molecule has 1 aliphatic heterocycles. The van der Waals surface area contributed by atoms with Crippen LogP contribution in [-0.2, 0) is 6.18 Å². The van der Waals surface area contributed by atoms with E-state index in [0.29, 0.717) is 22.7 Å².